The molecule has 0 bridgehead atoms. The normalized spacial score (nSPS) is 24.8. The van der Waals surface area contributed by atoms with Crippen LogP contribution in [0.3, 0.4) is 0 Å². The van der Waals surface area contributed by atoms with Gasteiger partial charge in [-0.2, -0.15) is 0 Å². The van der Waals surface area contributed by atoms with E-state index in [0.717, 1.165) is 0 Å². The standard InChI is InChI=1S/C13H23NO2/c1-16-13(15)12(10-6-5-7-10)14-11-8-3-2-4-9-11/h10-12,14H,2-9H2,1H3. The molecule has 0 aromatic heterocycles. The first-order valence-electron chi connectivity index (χ1n) is 6.65. The molecule has 0 radical (unpaired) electrons. The van der Waals surface area contributed by atoms with Crippen LogP contribution >= 0.6 is 0 Å². The van der Waals surface area contributed by atoms with Gasteiger partial charge in [-0.1, -0.05) is 25.7 Å². The van der Waals surface area contributed by atoms with Crippen molar-refractivity contribution >= 4 is 5.97 Å². The molecule has 0 aliphatic heterocycles. The first-order chi connectivity index (χ1) is 7.81. The summed E-state index contributed by atoms with van der Waals surface area (Å²) < 4.78 is 4.91. The van der Waals surface area contributed by atoms with Crippen LogP contribution in [0.2, 0.25) is 0 Å². The molecular formula is C13H23NO2. The van der Waals surface area contributed by atoms with E-state index in [0.29, 0.717) is 12.0 Å². The highest BCUT2D eigenvalue weighted by Crippen LogP contribution is 2.31. The van der Waals surface area contributed by atoms with E-state index in [4.69, 9.17) is 4.74 Å². The molecule has 16 heavy (non-hydrogen) atoms. The minimum Gasteiger partial charge on any atom is -0.468 e. The quantitative estimate of drug-likeness (QED) is 0.746. The highest BCUT2D eigenvalue weighted by molar-refractivity contribution is 5.76. The van der Waals surface area contributed by atoms with Crippen molar-refractivity contribution < 1.29 is 9.53 Å². The molecular weight excluding hydrogens is 202 g/mol. The number of esters is 1. The molecule has 0 aromatic rings. The van der Waals surface area contributed by atoms with Crippen molar-refractivity contribution in [3.05, 3.63) is 0 Å². The molecule has 3 nitrogen and oxygen atoms in total. The van der Waals surface area contributed by atoms with Crippen LogP contribution in [0, 0.1) is 5.92 Å². The molecule has 2 aliphatic carbocycles. The van der Waals surface area contributed by atoms with E-state index in [1.54, 1.807) is 0 Å². The summed E-state index contributed by atoms with van der Waals surface area (Å²) >= 11 is 0. The van der Waals surface area contributed by atoms with E-state index in [1.807, 2.05) is 0 Å². The highest BCUT2D eigenvalue weighted by atomic mass is 16.5. The van der Waals surface area contributed by atoms with Crippen molar-refractivity contribution in [2.45, 2.75) is 63.5 Å². The topological polar surface area (TPSA) is 38.3 Å². The molecule has 2 aliphatic rings. The third-order valence-electron chi connectivity index (χ3n) is 4.10. The first kappa shape index (κ1) is 11.9. The Bertz CT molecular complexity index is 232. The van der Waals surface area contributed by atoms with Gasteiger partial charge in [-0.15, -0.1) is 0 Å². The number of carbonyl (C=O) groups is 1. The Morgan fingerprint density at radius 3 is 2.31 bits per heavy atom. The van der Waals surface area contributed by atoms with Gasteiger partial charge in [-0.05, 0) is 31.6 Å². The maximum Gasteiger partial charge on any atom is 0.323 e. The lowest BCUT2D eigenvalue weighted by atomic mass is 9.79. The summed E-state index contributed by atoms with van der Waals surface area (Å²) in [7, 11) is 1.50. The maximum absolute atomic E-state index is 11.7. The smallest absolute Gasteiger partial charge is 0.323 e. The minimum absolute atomic E-state index is 0.0400. The van der Waals surface area contributed by atoms with Crippen LogP contribution in [0.1, 0.15) is 51.4 Å². The molecule has 1 N–H and O–H groups in total. The number of ether oxygens (including phenoxy) is 1. The van der Waals surface area contributed by atoms with E-state index < -0.39 is 0 Å². The van der Waals surface area contributed by atoms with Gasteiger partial charge in [0.15, 0.2) is 0 Å². The summed E-state index contributed by atoms with van der Waals surface area (Å²) in [4.78, 5) is 11.7. The minimum atomic E-state index is -0.0599. The molecule has 0 heterocycles. The van der Waals surface area contributed by atoms with Crippen molar-refractivity contribution in [3.63, 3.8) is 0 Å². The largest absolute Gasteiger partial charge is 0.468 e. The van der Waals surface area contributed by atoms with Crippen LogP contribution in [0.5, 0.6) is 0 Å². The Balaban J connectivity index is 1.87. The average molecular weight is 225 g/mol. The number of methoxy groups -OCH3 is 1. The fourth-order valence-corrected chi connectivity index (χ4v) is 2.82. The molecule has 0 amide bonds. The summed E-state index contributed by atoms with van der Waals surface area (Å²) in [5, 5.41) is 3.53. The predicted molar refractivity (Wildman–Crippen MR) is 63.2 cm³/mol. The van der Waals surface area contributed by atoms with Crippen LogP contribution in [-0.2, 0) is 9.53 Å². The molecule has 1 unspecified atom stereocenters. The second kappa shape index (κ2) is 5.67. The number of hydrogen-bond donors (Lipinski definition) is 1. The maximum atomic E-state index is 11.7. The van der Waals surface area contributed by atoms with Crippen molar-refractivity contribution in [1.82, 2.24) is 5.32 Å². The zero-order valence-electron chi connectivity index (χ0n) is 10.2. The van der Waals surface area contributed by atoms with Gasteiger partial charge < -0.3 is 10.1 Å². The SMILES string of the molecule is COC(=O)C(NC1CCCCC1)C1CCC1. The van der Waals surface area contributed by atoms with Crippen molar-refractivity contribution in [3.8, 4) is 0 Å². The molecule has 2 fully saturated rings. The van der Waals surface area contributed by atoms with Gasteiger partial charge in [-0.25, -0.2) is 0 Å². The fraction of sp³-hybridized carbons (Fsp3) is 0.923. The number of nitrogens with one attached hydrogen (secondary N) is 1. The van der Waals surface area contributed by atoms with Crippen molar-refractivity contribution in [1.29, 1.82) is 0 Å². The summed E-state index contributed by atoms with van der Waals surface area (Å²) in [6.45, 7) is 0. The van der Waals surface area contributed by atoms with Crippen LogP contribution in [-0.4, -0.2) is 25.2 Å². The molecule has 0 aromatic carbocycles. The fourth-order valence-electron chi connectivity index (χ4n) is 2.82. The van der Waals surface area contributed by atoms with Gasteiger partial charge >= 0.3 is 5.97 Å². The predicted octanol–water partition coefficient (Wildman–Crippen LogP) is 2.25. The monoisotopic (exact) mass is 225 g/mol. The Hall–Kier alpha value is -0.570. The third-order valence-corrected chi connectivity index (χ3v) is 4.10. The number of hydrogen-bond acceptors (Lipinski definition) is 3. The Morgan fingerprint density at radius 1 is 1.12 bits per heavy atom. The molecule has 2 rings (SSSR count). The van der Waals surface area contributed by atoms with Crippen LogP contribution in [0.15, 0.2) is 0 Å². The lowest BCUT2D eigenvalue weighted by molar-refractivity contribution is -0.146. The average Bonchev–Trinajstić information content (AvgIpc) is 2.26. The molecule has 2 saturated carbocycles. The molecule has 92 valence electrons. The van der Waals surface area contributed by atoms with Gasteiger partial charge in [0, 0.05) is 6.04 Å². The Labute approximate surface area is 97.9 Å². The van der Waals surface area contributed by atoms with Crippen molar-refractivity contribution in [2.24, 2.45) is 5.92 Å². The first-order valence-corrected chi connectivity index (χ1v) is 6.65. The van der Waals surface area contributed by atoms with Gasteiger partial charge in [0.2, 0.25) is 0 Å². The van der Waals surface area contributed by atoms with Crippen molar-refractivity contribution in [2.75, 3.05) is 7.11 Å². The zero-order valence-corrected chi connectivity index (χ0v) is 10.2. The lowest BCUT2D eigenvalue weighted by Crippen LogP contribution is -2.50. The molecule has 1 atom stereocenters. The van der Waals surface area contributed by atoms with Crippen LogP contribution in [0.4, 0.5) is 0 Å². The zero-order chi connectivity index (χ0) is 11.4. The summed E-state index contributed by atoms with van der Waals surface area (Å²) in [5.41, 5.74) is 0. The van der Waals surface area contributed by atoms with Gasteiger partial charge in [0.25, 0.3) is 0 Å². The third kappa shape index (κ3) is 2.76. The Morgan fingerprint density at radius 2 is 1.81 bits per heavy atom. The molecule has 0 saturated heterocycles. The Kier molecular flexibility index (Phi) is 4.22. The number of carbonyl (C=O) groups excluding carboxylic acids is 1. The molecule has 3 heteroatoms. The van der Waals surface area contributed by atoms with E-state index in [1.165, 1.54) is 58.5 Å². The van der Waals surface area contributed by atoms with Gasteiger partial charge in [-0.3, -0.25) is 4.79 Å². The van der Waals surface area contributed by atoms with Gasteiger partial charge in [0.1, 0.15) is 6.04 Å². The van der Waals surface area contributed by atoms with Gasteiger partial charge in [0.05, 0.1) is 7.11 Å². The highest BCUT2D eigenvalue weighted by Gasteiger charge is 2.34. The van der Waals surface area contributed by atoms with E-state index in [-0.39, 0.29) is 12.0 Å². The summed E-state index contributed by atoms with van der Waals surface area (Å²) in [6.07, 6.45) is 10.0. The summed E-state index contributed by atoms with van der Waals surface area (Å²) in [6, 6.07) is 0.500. The molecule has 0 spiro atoms. The van der Waals surface area contributed by atoms with E-state index in [2.05, 4.69) is 5.32 Å². The van der Waals surface area contributed by atoms with Crippen LogP contribution in [0.25, 0.3) is 0 Å². The van der Waals surface area contributed by atoms with E-state index >= 15 is 0 Å². The van der Waals surface area contributed by atoms with E-state index in [9.17, 15) is 4.79 Å². The second-order valence-electron chi connectivity index (χ2n) is 5.19. The second-order valence-corrected chi connectivity index (χ2v) is 5.19. The van der Waals surface area contributed by atoms with Crippen LogP contribution < -0.4 is 5.32 Å². The lowest BCUT2D eigenvalue weighted by Gasteiger charge is -2.36. The summed E-state index contributed by atoms with van der Waals surface area (Å²) in [5.74, 6) is 0.463. The number of rotatable bonds is 4.